The van der Waals surface area contributed by atoms with Crippen molar-refractivity contribution in [2.24, 2.45) is 0 Å². The Bertz CT molecular complexity index is 1780. The molecule has 1 aliphatic rings. The zero-order valence-electron chi connectivity index (χ0n) is 23.5. The van der Waals surface area contributed by atoms with Crippen LogP contribution in [0.1, 0.15) is 45.2 Å². The van der Waals surface area contributed by atoms with Crippen molar-refractivity contribution < 1.29 is 24.2 Å². The Morgan fingerprint density at radius 2 is 1.83 bits per heavy atom. The molecule has 4 heterocycles. The molecule has 0 aliphatic heterocycles. The molecule has 6 rings (SSSR count). The summed E-state index contributed by atoms with van der Waals surface area (Å²) in [6.45, 7) is 5.52. The number of hydrogen-bond donors (Lipinski definition) is 2. The molecule has 0 atom stereocenters. The Morgan fingerprint density at radius 1 is 1.07 bits per heavy atom. The fourth-order valence-corrected chi connectivity index (χ4v) is 5.22. The molecule has 0 radical (unpaired) electrons. The second-order valence-electron chi connectivity index (χ2n) is 11.3. The fourth-order valence-electron chi connectivity index (χ4n) is 5.22. The van der Waals surface area contributed by atoms with Crippen molar-refractivity contribution in [2.75, 3.05) is 10.6 Å². The normalized spacial score (nSPS) is 16.8. The second kappa shape index (κ2) is 10.5. The standard InChI is InChI=1S/C30H31N7O5/c1-30(2,3)42-29(40)37(28(38)39)27-24-21(23-10-9-22(31)25-32-11-12-35(23)25)15-36(26(24)33-17-34-27)19-13-20(14-19)41-16-18-7-5-4-6-8-18/h4-12,15,17,19-20H,13-14,16,31H2,1-3H3,(H,38,39). The van der Waals surface area contributed by atoms with Crippen LogP contribution in [-0.4, -0.2) is 52.9 Å². The number of pyridine rings is 1. The molecule has 12 nitrogen and oxygen atoms in total. The first-order valence-electron chi connectivity index (χ1n) is 13.6. The van der Waals surface area contributed by atoms with E-state index in [2.05, 4.69) is 15.0 Å². The lowest BCUT2D eigenvalue weighted by Gasteiger charge is -2.36. The Labute approximate surface area is 241 Å². The molecule has 1 fully saturated rings. The minimum atomic E-state index is -1.52. The third-order valence-corrected chi connectivity index (χ3v) is 7.22. The van der Waals surface area contributed by atoms with Crippen LogP contribution in [-0.2, 0) is 16.1 Å². The number of fused-ring (bicyclic) bond motifs is 2. The quantitative estimate of drug-likeness (QED) is 0.264. The molecule has 1 aromatic carbocycles. The van der Waals surface area contributed by atoms with Crippen LogP contribution in [0.5, 0.6) is 0 Å². The third kappa shape index (κ3) is 5.00. The molecular formula is C30H31N7O5. The first-order chi connectivity index (χ1) is 20.1. The highest BCUT2D eigenvalue weighted by atomic mass is 16.6. The van der Waals surface area contributed by atoms with Crippen LogP contribution in [0.15, 0.2) is 67.4 Å². The number of hydrogen-bond acceptors (Lipinski definition) is 8. The van der Waals surface area contributed by atoms with E-state index in [0.717, 1.165) is 18.4 Å². The number of amides is 2. The number of carbonyl (C=O) groups is 2. The average Bonchev–Trinajstić information content (AvgIpc) is 3.55. The van der Waals surface area contributed by atoms with E-state index < -0.39 is 17.8 Å². The molecule has 2 amide bonds. The zero-order chi connectivity index (χ0) is 29.6. The van der Waals surface area contributed by atoms with Gasteiger partial charge in [0, 0.05) is 30.2 Å². The van der Waals surface area contributed by atoms with Crippen molar-refractivity contribution in [3.63, 3.8) is 0 Å². The van der Waals surface area contributed by atoms with Crippen LogP contribution in [0.4, 0.5) is 21.1 Å². The molecule has 0 saturated heterocycles. The summed E-state index contributed by atoms with van der Waals surface area (Å²) in [6, 6.07) is 13.6. The highest BCUT2D eigenvalue weighted by molar-refractivity contribution is 6.15. The first kappa shape index (κ1) is 27.2. The summed E-state index contributed by atoms with van der Waals surface area (Å²) < 4.78 is 15.4. The largest absolute Gasteiger partial charge is 0.464 e. The molecule has 216 valence electrons. The summed E-state index contributed by atoms with van der Waals surface area (Å²) in [4.78, 5) is 39.4. The van der Waals surface area contributed by atoms with E-state index in [4.69, 9.17) is 15.2 Å². The van der Waals surface area contributed by atoms with E-state index in [1.807, 2.05) is 51.6 Å². The molecule has 0 spiro atoms. The van der Waals surface area contributed by atoms with Crippen LogP contribution >= 0.6 is 0 Å². The number of imide groups is 1. The summed E-state index contributed by atoms with van der Waals surface area (Å²) in [5.41, 5.74) is 9.18. The van der Waals surface area contributed by atoms with E-state index in [0.29, 0.717) is 45.1 Å². The van der Waals surface area contributed by atoms with E-state index in [1.165, 1.54) is 6.33 Å². The summed E-state index contributed by atoms with van der Waals surface area (Å²) in [6.07, 6.45) is 5.55. The smallest absolute Gasteiger partial charge is 0.425 e. The molecule has 5 aromatic rings. The Hall–Kier alpha value is -4.97. The summed E-state index contributed by atoms with van der Waals surface area (Å²) in [7, 11) is 0. The zero-order valence-corrected chi connectivity index (χ0v) is 23.5. The maximum atomic E-state index is 13.2. The highest BCUT2D eigenvalue weighted by Crippen LogP contribution is 2.43. The number of carbonyl (C=O) groups excluding carboxylic acids is 1. The number of nitrogens with two attached hydrogens (primary N) is 1. The Kier molecular flexibility index (Phi) is 6.77. The van der Waals surface area contributed by atoms with Gasteiger partial charge in [0.1, 0.15) is 17.6 Å². The average molecular weight is 570 g/mol. The van der Waals surface area contributed by atoms with Gasteiger partial charge in [0.2, 0.25) is 0 Å². The van der Waals surface area contributed by atoms with Gasteiger partial charge in [-0.3, -0.25) is 4.40 Å². The van der Waals surface area contributed by atoms with Crippen LogP contribution in [0.3, 0.4) is 0 Å². The van der Waals surface area contributed by atoms with Crippen molar-refractivity contribution in [2.45, 2.75) is 58.0 Å². The van der Waals surface area contributed by atoms with Gasteiger partial charge in [-0.15, -0.1) is 0 Å². The van der Waals surface area contributed by atoms with Gasteiger partial charge in [-0.2, -0.15) is 4.90 Å². The minimum Gasteiger partial charge on any atom is -0.464 e. The summed E-state index contributed by atoms with van der Waals surface area (Å²) in [5, 5.41) is 10.5. The topological polar surface area (TPSA) is 150 Å². The maximum Gasteiger partial charge on any atom is 0.425 e. The van der Waals surface area contributed by atoms with Gasteiger partial charge in [0.15, 0.2) is 11.5 Å². The number of anilines is 2. The maximum absolute atomic E-state index is 13.2. The van der Waals surface area contributed by atoms with E-state index in [-0.39, 0.29) is 18.0 Å². The molecule has 0 bridgehead atoms. The Morgan fingerprint density at radius 3 is 2.55 bits per heavy atom. The van der Waals surface area contributed by atoms with Crippen LogP contribution in [0, 0.1) is 0 Å². The predicted molar refractivity (Wildman–Crippen MR) is 156 cm³/mol. The molecule has 1 saturated carbocycles. The van der Waals surface area contributed by atoms with Gasteiger partial charge in [-0.1, -0.05) is 30.3 Å². The van der Waals surface area contributed by atoms with Gasteiger partial charge in [-0.05, 0) is 51.3 Å². The number of ether oxygens (including phenoxy) is 2. The van der Waals surface area contributed by atoms with E-state index >= 15 is 0 Å². The monoisotopic (exact) mass is 569 g/mol. The van der Waals surface area contributed by atoms with Gasteiger partial charge in [0.25, 0.3) is 0 Å². The number of aromatic nitrogens is 5. The number of nitrogen functional groups attached to an aromatic ring is 1. The van der Waals surface area contributed by atoms with Crippen molar-refractivity contribution in [1.29, 1.82) is 0 Å². The van der Waals surface area contributed by atoms with Crippen molar-refractivity contribution in [3.05, 3.63) is 72.9 Å². The number of benzene rings is 1. The summed E-state index contributed by atoms with van der Waals surface area (Å²) in [5.74, 6) is -0.100. The highest BCUT2D eigenvalue weighted by Gasteiger charge is 2.36. The number of imidazole rings is 1. The van der Waals surface area contributed by atoms with Gasteiger partial charge >= 0.3 is 12.2 Å². The third-order valence-electron chi connectivity index (χ3n) is 7.22. The molecule has 42 heavy (non-hydrogen) atoms. The molecular weight excluding hydrogens is 538 g/mol. The van der Waals surface area contributed by atoms with Crippen LogP contribution in [0.2, 0.25) is 0 Å². The lowest BCUT2D eigenvalue weighted by atomic mass is 9.89. The Balaban J connectivity index is 1.44. The van der Waals surface area contributed by atoms with Crippen LogP contribution in [0.25, 0.3) is 27.9 Å². The second-order valence-corrected chi connectivity index (χ2v) is 11.3. The van der Waals surface area contributed by atoms with E-state index in [9.17, 15) is 14.7 Å². The lowest BCUT2D eigenvalue weighted by molar-refractivity contribution is -0.0347. The molecule has 0 unspecified atom stereocenters. The van der Waals surface area contributed by atoms with Gasteiger partial charge in [0.05, 0.1) is 29.5 Å². The number of carboxylic acid groups (broad SMARTS) is 1. The molecule has 1 aliphatic carbocycles. The van der Waals surface area contributed by atoms with Crippen LogP contribution < -0.4 is 10.6 Å². The van der Waals surface area contributed by atoms with Gasteiger partial charge in [-0.25, -0.2) is 24.5 Å². The first-order valence-corrected chi connectivity index (χ1v) is 13.6. The van der Waals surface area contributed by atoms with Crippen molar-refractivity contribution in [3.8, 4) is 11.3 Å². The summed E-state index contributed by atoms with van der Waals surface area (Å²) >= 11 is 0. The molecule has 12 heteroatoms. The minimum absolute atomic E-state index is 0.0386. The lowest BCUT2D eigenvalue weighted by Crippen LogP contribution is -2.40. The molecule has 4 aromatic heterocycles. The number of rotatable bonds is 6. The van der Waals surface area contributed by atoms with Crippen molar-refractivity contribution in [1.82, 2.24) is 23.9 Å². The predicted octanol–water partition coefficient (Wildman–Crippen LogP) is 5.67. The fraction of sp³-hybridized carbons (Fsp3) is 0.300. The number of nitrogens with zero attached hydrogens (tertiary/aromatic N) is 6. The van der Waals surface area contributed by atoms with E-state index in [1.54, 1.807) is 39.2 Å². The van der Waals surface area contributed by atoms with Crippen molar-refractivity contribution >= 4 is 40.4 Å². The molecule has 3 N–H and O–H groups in total. The van der Waals surface area contributed by atoms with Gasteiger partial charge < -0.3 is 24.9 Å². The SMILES string of the molecule is CC(C)(C)OC(=O)N(C(=O)O)c1ncnc2c1c(-c1ccc(N)c3nccn13)cn2C1CC(OCc2ccccc2)C1.